The molecule has 262 valence electrons. The summed E-state index contributed by atoms with van der Waals surface area (Å²) in [5.74, 6) is 1.82. The number of allylic oxidation sites excluding steroid dienone is 2. The van der Waals surface area contributed by atoms with Crippen molar-refractivity contribution in [3.8, 4) is 45.5 Å². The Hall–Kier alpha value is -5.58. The van der Waals surface area contributed by atoms with Crippen molar-refractivity contribution in [1.29, 1.82) is 0 Å². The quantitative estimate of drug-likeness (QED) is 0.118. The summed E-state index contributed by atoms with van der Waals surface area (Å²) in [6.45, 7) is 4.62. The Morgan fingerprint density at radius 1 is 0.774 bits per heavy atom. The number of fused-ring (bicyclic) bond motifs is 3. The fourth-order valence-corrected chi connectivity index (χ4v) is 7.84. The number of halogens is 1. The van der Waals surface area contributed by atoms with Gasteiger partial charge >= 0.3 is 21.1 Å². The van der Waals surface area contributed by atoms with Gasteiger partial charge in [0.15, 0.2) is 0 Å². The second-order valence-electron chi connectivity index (χ2n) is 13.5. The first-order valence-corrected chi connectivity index (χ1v) is 17.7. The molecule has 5 nitrogen and oxygen atoms in total. The molecule has 5 aromatic carbocycles. The first-order chi connectivity index (χ1) is 25.5. The average molecular weight is 874 g/mol. The van der Waals surface area contributed by atoms with E-state index >= 15 is 0 Å². The van der Waals surface area contributed by atoms with Crippen LogP contribution >= 0.6 is 0 Å². The Kier molecular flexibility index (Phi) is 9.40. The predicted octanol–water partition coefficient (Wildman–Crippen LogP) is 11.7. The molecule has 2 atom stereocenters. The third kappa shape index (κ3) is 6.32. The monoisotopic (exact) mass is 873 g/mol. The topological polar surface area (TPSA) is 44.9 Å². The van der Waals surface area contributed by atoms with Crippen LogP contribution in [-0.2, 0) is 21.1 Å². The van der Waals surface area contributed by atoms with Gasteiger partial charge in [0.2, 0.25) is 0 Å². The molecule has 0 spiro atoms. The number of rotatable bonds is 7. The molecule has 1 unspecified atom stereocenters. The van der Waals surface area contributed by atoms with Crippen molar-refractivity contribution in [3.63, 3.8) is 0 Å². The maximum absolute atomic E-state index is 14.4. The summed E-state index contributed by atoms with van der Waals surface area (Å²) < 4.78 is 24.9. The molecule has 7 heteroatoms. The van der Waals surface area contributed by atoms with Crippen molar-refractivity contribution >= 4 is 21.8 Å². The van der Waals surface area contributed by atoms with Gasteiger partial charge in [-0.05, 0) is 48.9 Å². The Balaban J connectivity index is 0.00000400. The SMILES string of the molecule is CC1=CCC[C@H](C)C1c1c(-c2ccccc2)nn(-c2[c-]c(Oc3[c-]c4c(cc3)c3ccccc3n4-c3cc(F)ccn3)ccc2)c1-c1ccccc1.[Pt+2]. The maximum atomic E-state index is 14.4. The van der Waals surface area contributed by atoms with Gasteiger partial charge in [0.1, 0.15) is 11.6 Å². The summed E-state index contributed by atoms with van der Waals surface area (Å²) in [5.41, 5.74) is 9.24. The van der Waals surface area contributed by atoms with Gasteiger partial charge < -0.3 is 9.30 Å². The van der Waals surface area contributed by atoms with Gasteiger partial charge in [-0.25, -0.2) is 9.37 Å². The van der Waals surface area contributed by atoms with Crippen LogP contribution in [0, 0.1) is 23.9 Å². The minimum absolute atomic E-state index is 0. The molecule has 0 radical (unpaired) electrons. The molecule has 0 fully saturated rings. The van der Waals surface area contributed by atoms with Crippen LogP contribution in [-0.4, -0.2) is 19.3 Å². The van der Waals surface area contributed by atoms with E-state index in [9.17, 15) is 4.39 Å². The molecule has 9 rings (SSSR count). The van der Waals surface area contributed by atoms with Gasteiger partial charge in [0.25, 0.3) is 0 Å². The van der Waals surface area contributed by atoms with Crippen LogP contribution in [0.1, 0.15) is 38.2 Å². The standard InChI is InChI=1S/C46H35FN4O.Pt/c1-30-13-11-14-31(2)43(30)44-45(32-15-5-3-6-16-32)49-51(46(44)33-17-7-4-8-18-33)35-19-12-20-36(28-35)52-37-23-24-39-38-21-9-10-22-40(38)50(41(39)29-37)42-27-34(47)25-26-48-42;/h3-10,12-13,15-27,31,43H,11,14H2,1-2H3;/q-2;+2/t31-,43?;/m0./s1. The van der Waals surface area contributed by atoms with Crippen LogP contribution < -0.4 is 4.74 Å². The zero-order valence-corrected chi connectivity index (χ0v) is 31.5. The molecular formula is C46H35FN4OPt. The molecule has 0 N–H and O–H groups in total. The van der Waals surface area contributed by atoms with Crippen molar-refractivity contribution < 1.29 is 30.2 Å². The molecule has 0 saturated heterocycles. The number of ether oxygens (including phenoxy) is 1. The first-order valence-electron chi connectivity index (χ1n) is 17.7. The van der Waals surface area contributed by atoms with Crippen molar-refractivity contribution in [3.05, 3.63) is 169 Å². The molecule has 0 bridgehead atoms. The van der Waals surface area contributed by atoms with Crippen LogP contribution in [0.25, 0.3) is 55.8 Å². The molecule has 0 aliphatic heterocycles. The van der Waals surface area contributed by atoms with Crippen molar-refractivity contribution in [2.75, 3.05) is 0 Å². The fraction of sp³-hybridized carbons (Fsp3) is 0.130. The molecule has 3 heterocycles. The number of nitrogens with zero attached hydrogens (tertiary/aromatic N) is 4. The van der Waals surface area contributed by atoms with Crippen LogP contribution in [0.2, 0.25) is 0 Å². The van der Waals surface area contributed by atoms with E-state index in [0.717, 1.165) is 62.8 Å². The normalized spacial score (nSPS) is 15.6. The van der Waals surface area contributed by atoms with Crippen molar-refractivity contribution in [2.45, 2.75) is 32.6 Å². The van der Waals surface area contributed by atoms with Crippen LogP contribution in [0.3, 0.4) is 0 Å². The number of aromatic nitrogens is 4. The maximum Gasteiger partial charge on any atom is 2.00 e. The third-order valence-electron chi connectivity index (χ3n) is 10.2. The van der Waals surface area contributed by atoms with E-state index in [1.54, 1.807) is 0 Å². The number of hydrogen-bond donors (Lipinski definition) is 0. The molecule has 0 saturated carbocycles. The van der Waals surface area contributed by atoms with Gasteiger partial charge in [-0.15, -0.1) is 35.7 Å². The van der Waals surface area contributed by atoms with E-state index in [1.165, 1.54) is 29.5 Å². The largest absolute Gasteiger partial charge is 2.00 e. The smallest absolute Gasteiger partial charge is 0.509 e. The summed E-state index contributed by atoms with van der Waals surface area (Å²) in [6.07, 6.45) is 6.09. The summed E-state index contributed by atoms with van der Waals surface area (Å²) in [4.78, 5) is 4.49. The second kappa shape index (κ2) is 14.4. The number of pyridine rings is 1. The van der Waals surface area contributed by atoms with E-state index in [2.05, 4.69) is 91.6 Å². The van der Waals surface area contributed by atoms with E-state index in [0.29, 0.717) is 23.2 Å². The zero-order valence-electron chi connectivity index (χ0n) is 29.2. The molecular weight excluding hydrogens is 839 g/mol. The number of benzene rings is 5. The van der Waals surface area contributed by atoms with Crippen LogP contribution in [0.15, 0.2) is 145 Å². The summed E-state index contributed by atoms with van der Waals surface area (Å²) in [6, 6.07) is 48.6. The second-order valence-corrected chi connectivity index (χ2v) is 13.5. The van der Waals surface area contributed by atoms with Gasteiger partial charge in [-0.2, -0.15) is 17.2 Å². The average Bonchev–Trinajstić information content (AvgIpc) is 3.72. The van der Waals surface area contributed by atoms with Gasteiger partial charge in [-0.1, -0.05) is 103 Å². The molecule has 1 aliphatic rings. The molecule has 3 aromatic heterocycles. The molecule has 1 aliphatic carbocycles. The van der Waals surface area contributed by atoms with Crippen LogP contribution in [0.4, 0.5) is 4.39 Å². The minimum atomic E-state index is -0.356. The first kappa shape index (κ1) is 34.5. The summed E-state index contributed by atoms with van der Waals surface area (Å²) >= 11 is 0. The Morgan fingerprint density at radius 3 is 2.28 bits per heavy atom. The fourth-order valence-electron chi connectivity index (χ4n) is 7.84. The zero-order chi connectivity index (χ0) is 35.2. The molecule has 8 aromatic rings. The minimum Gasteiger partial charge on any atom is -0.509 e. The summed E-state index contributed by atoms with van der Waals surface area (Å²) in [5, 5.41) is 7.38. The van der Waals surface area contributed by atoms with Crippen LogP contribution in [0.5, 0.6) is 11.5 Å². The summed E-state index contributed by atoms with van der Waals surface area (Å²) in [7, 11) is 0. The number of hydrogen-bond acceptors (Lipinski definition) is 3. The predicted molar refractivity (Wildman–Crippen MR) is 206 cm³/mol. The van der Waals surface area contributed by atoms with Crippen molar-refractivity contribution in [2.24, 2.45) is 5.92 Å². The Bertz CT molecular complexity index is 2610. The van der Waals surface area contributed by atoms with E-state index in [1.807, 2.05) is 69.9 Å². The van der Waals surface area contributed by atoms with E-state index in [-0.39, 0.29) is 32.8 Å². The Morgan fingerprint density at radius 2 is 1.51 bits per heavy atom. The Labute approximate surface area is 322 Å². The van der Waals surface area contributed by atoms with E-state index < -0.39 is 0 Å². The number of para-hydroxylation sites is 1. The van der Waals surface area contributed by atoms with Gasteiger partial charge in [0, 0.05) is 51.9 Å². The molecule has 0 amide bonds. The van der Waals surface area contributed by atoms with Gasteiger partial charge in [-0.3, -0.25) is 4.68 Å². The third-order valence-corrected chi connectivity index (χ3v) is 10.2. The van der Waals surface area contributed by atoms with E-state index in [4.69, 9.17) is 9.84 Å². The van der Waals surface area contributed by atoms with Gasteiger partial charge in [0.05, 0.1) is 11.4 Å². The van der Waals surface area contributed by atoms with Crippen molar-refractivity contribution in [1.82, 2.24) is 19.3 Å². The molecule has 53 heavy (non-hydrogen) atoms.